The normalized spacial score (nSPS) is 10.8. The molecule has 0 aliphatic rings. The highest BCUT2D eigenvalue weighted by molar-refractivity contribution is 5.93. The van der Waals surface area contributed by atoms with Gasteiger partial charge in [0.2, 0.25) is 5.91 Å². The van der Waals surface area contributed by atoms with Crippen molar-refractivity contribution < 1.29 is 9.90 Å². The van der Waals surface area contributed by atoms with Gasteiger partial charge in [-0.3, -0.25) is 9.69 Å². The van der Waals surface area contributed by atoms with Gasteiger partial charge in [-0.15, -0.1) is 0 Å². The number of hydrogen-bond acceptors (Lipinski definition) is 3. The van der Waals surface area contributed by atoms with Crippen LogP contribution in [0.25, 0.3) is 0 Å². The zero-order valence-electron chi connectivity index (χ0n) is 14.5. The Morgan fingerprint density at radius 2 is 1.83 bits per heavy atom. The molecule has 0 atom stereocenters. The van der Waals surface area contributed by atoms with Crippen LogP contribution in [0.2, 0.25) is 0 Å². The first-order chi connectivity index (χ1) is 11.6. The van der Waals surface area contributed by atoms with Crippen LogP contribution in [0.1, 0.15) is 16.7 Å². The van der Waals surface area contributed by atoms with Gasteiger partial charge in [0.1, 0.15) is 0 Å². The number of carbonyl (C=O) groups is 1. The number of carbonyl (C=O) groups excluding carboxylic acids is 1. The van der Waals surface area contributed by atoms with Gasteiger partial charge in [-0.2, -0.15) is 0 Å². The molecule has 0 bridgehead atoms. The van der Waals surface area contributed by atoms with Gasteiger partial charge >= 0.3 is 0 Å². The molecule has 0 radical (unpaired) electrons. The molecule has 0 heterocycles. The molecule has 0 fully saturated rings. The molecule has 24 heavy (non-hydrogen) atoms. The highest BCUT2D eigenvalue weighted by Crippen LogP contribution is 2.16. The monoisotopic (exact) mass is 326 g/mol. The van der Waals surface area contributed by atoms with Gasteiger partial charge in [0.25, 0.3) is 0 Å². The summed E-state index contributed by atoms with van der Waals surface area (Å²) in [5.74, 6) is -0.0507. The van der Waals surface area contributed by atoms with Crippen LogP contribution >= 0.6 is 0 Å². The maximum Gasteiger partial charge on any atom is 0.238 e. The Balaban J connectivity index is 1.91. The lowest BCUT2D eigenvalue weighted by Crippen LogP contribution is -2.36. The molecule has 4 heteroatoms. The number of anilines is 1. The van der Waals surface area contributed by atoms with Gasteiger partial charge < -0.3 is 10.4 Å². The maximum absolute atomic E-state index is 12.3. The lowest BCUT2D eigenvalue weighted by atomic mass is 10.1. The zero-order valence-corrected chi connectivity index (χ0v) is 14.5. The molecule has 2 aromatic rings. The molecule has 0 saturated heterocycles. The highest BCUT2D eigenvalue weighted by Gasteiger charge is 2.11. The van der Waals surface area contributed by atoms with Gasteiger partial charge in [-0.25, -0.2) is 0 Å². The summed E-state index contributed by atoms with van der Waals surface area (Å²) in [7, 11) is 0. The number of benzene rings is 2. The van der Waals surface area contributed by atoms with Crippen molar-refractivity contribution in [1.29, 1.82) is 0 Å². The van der Waals surface area contributed by atoms with Crippen molar-refractivity contribution in [1.82, 2.24) is 4.90 Å². The summed E-state index contributed by atoms with van der Waals surface area (Å²) in [6.07, 6.45) is 0.859. The van der Waals surface area contributed by atoms with Gasteiger partial charge in [0, 0.05) is 18.8 Å². The third-order valence-electron chi connectivity index (χ3n) is 4.01. The molecule has 2 rings (SSSR count). The topological polar surface area (TPSA) is 52.6 Å². The van der Waals surface area contributed by atoms with Gasteiger partial charge in [-0.1, -0.05) is 42.5 Å². The standard InChI is InChI=1S/C20H26N2O2/c1-16-8-9-17(2)19(14-16)21-20(24)15-22(12-13-23)11-10-18-6-4-3-5-7-18/h3-9,14,23H,10-13,15H2,1-2H3,(H,21,24). The number of rotatable bonds is 8. The maximum atomic E-state index is 12.3. The van der Waals surface area contributed by atoms with E-state index in [1.54, 1.807) is 0 Å². The Hall–Kier alpha value is -2.17. The molecule has 4 nitrogen and oxygen atoms in total. The van der Waals surface area contributed by atoms with E-state index in [0.29, 0.717) is 6.54 Å². The van der Waals surface area contributed by atoms with Crippen molar-refractivity contribution in [2.24, 2.45) is 0 Å². The van der Waals surface area contributed by atoms with Gasteiger partial charge in [0.15, 0.2) is 0 Å². The van der Waals surface area contributed by atoms with E-state index < -0.39 is 0 Å². The van der Waals surface area contributed by atoms with Crippen LogP contribution in [0, 0.1) is 13.8 Å². The Bertz CT molecular complexity index is 656. The van der Waals surface area contributed by atoms with Crippen LogP contribution in [0.4, 0.5) is 5.69 Å². The van der Waals surface area contributed by atoms with Crippen LogP contribution in [-0.2, 0) is 11.2 Å². The fourth-order valence-electron chi connectivity index (χ4n) is 2.61. The molecule has 0 saturated carbocycles. The predicted molar refractivity (Wildman–Crippen MR) is 98.2 cm³/mol. The lowest BCUT2D eigenvalue weighted by Gasteiger charge is -2.21. The zero-order chi connectivity index (χ0) is 17.4. The molecule has 0 spiro atoms. The summed E-state index contributed by atoms with van der Waals surface area (Å²) in [5.41, 5.74) is 4.25. The molecule has 2 N–H and O–H groups in total. The lowest BCUT2D eigenvalue weighted by molar-refractivity contribution is -0.117. The molecule has 2 aromatic carbocycles. The van der Waals surface area contributed by atoms with E-state index in [4.69, 9.17) is 0 Å². The molecule has 1 amide bonds. The van der Waals surface area contributed by atoms with Crippen LogP contribution in [-0.4, -0.2) is 42.2 Å². The minimum Gasteiger partial charge on any atom is -0.395 e. The first kappa shape index (κ1) is 18.2. The Morgan fingerprint density at radius 3 is 2.54 bits per heavy atom. The third kappa shape index (κ3) is 5.80. The van der Waals surface area contributed by atoms with Crippen molar-refractivity contribution in [3.05, 3.63) is 65.2 Å². The van der Waals surface area contributed by atoms with Gasteiger partial charge in [-0.05, 0) is 43.0 Å². The summed E-state index contributed by atoms with van der Waals surface area (Å²) >= 11 is 0. The Kier molecular flexibility index (Phi) is 6.97. The van der Waals surface area contributed by atoms with Gasteiger partial charge in [0.05, 0.1) is 13.2 Å². The van der Waals surface area contributed by atoms with Crippen LogP contribution in [0.3, 0.4) is 0 Å². The third-order valence-corrected chi connectivity index (χ3v) is 4.01. The van der Waals surface area contributed by atoms with E-state index in [2.05, 4.69) is 17.4 Å². The quantitative estimate of drug-likeness (QED) is 0.784. The van der Waals surface area contributed by atoms with Crippen molar-refractivity contribution in [3.8, 4) is 0 Å². The van der Waals surface area contributed by atoms with E-state index in [0.717, 1.165) is 29.8 Å². The SMILES string of the molecule is Cc1ccc(C)c(NC(=O)CN(CCO)CCc2ccccc2)c1. The first-order valence-corrected chi connectivity index (χ1v) is 8.32. The number of aryl methyl sites for hydroxylation is 2. The van der Waals surface area contributed by atoms with Crippen LogP contribution in [0.15, 0.2) is 48.5 Å². The summed E-state index contributed by atoms with van der Waals surface area (Å²) in [5, 5.41) is 12.2. The fraction of sp³-hybridized carbons (Fsp3) is 0.350. The molecule has 128 valence electrons. The second kappa shape index (κ2) is 9.21. The predicted octanol–water partition coefficient (Wildman–Crippen LogP) is 2.78. The van der Waals surface area contributed by atoms with Crippen molar-refractivity contribution in [2.45, 2.75) is 20.3 Å². The Morgan fingerprint density at radius 1 is 1.08 bits per heavy atom. The molecular formula is C20H26N2O2. The molecule has 0 aliphatic carbocycles. The number of nitrogens with one attached hydrogen (secondary N) is 1. The minimum atomic E-state index is -0.0507. The van der Waals surface area contributed by atoms with E-state index in [9.17, 15) is 9.90 Å². The first-order valence-electron chi connectivity index (χ1n) is 8.32. The van der Waals surface area contributed by atoms with Crippen molar-refractivity contribution in [3.63, 3.8) is 0 Å². The number of aliphatic hydroxyl groups is 1. The van der Waals surface area contributed by atoms with Crippen LogP contribution < -0.4 is 5.32 Å². The molecule has 0 unspecified atom stereocenters. The second-order valence-electron chi connectivity index (χ2n) is 6.10. The number of hydrogen-bond donors (Lipinski definition) is 2. The summed E-state index contributed by atoms with van der Waals surface area (Å²) < 4.78 is 0. The summed E-state index contributed by atoms with van der Waals surface area (Å²) in [6.45, 7) is 5.55. The minimum absolute atomic E-state index is 0.0472. The van der Waals surface area contributed by atoms with Crippen LogP contribution in [0.5, 0.6) is 0 Å². The van der Waals surface area contributed by atoms with Crippen molar-refractivity contribution in [2.75, 3.05) is 31.6 Å². The second-order valence-corrected chi connectivity index (χ2v) is 6.10. The smallest absolute Gasteiger partial charge is 0.238 e. The number of nitrogens with zero attached hydrogens (tertiary/aromatic N) is 1. The molecule has 0 aliphatic heterocycles. The fourth-order valence-corrected chi connectivity index (χ4v) is 2.61. The largest absolute Gasteiger partial charge is 0.395 e. The molecular weight excluding hydrogens is 300 g/mol. The Labute approximate surface area is 144 Å². The van der Waals surface area contributed by atoms with E-state index in [1.165, 1.54) is 5.56 Å². The van der Waals surface area contributed by atoms with E-state index in [1.807, 2.05) is 55.1 Å². The van der Waals surface area contributed by atoms with E-state index >= 15 is 0 Å². The highest BCUT2D eigenvalue weighted by atomic mass is 16.3. The van der Waals surface area contributed by atoms with Crippen molar-refractivity contribution >= 4 is 11.6 Å². The summed E-state index contributed by atoms with van der Waals surface area (Å²) in [6, 6.07) is 16.2. The number of aliphatic hydroxyl groups excluding tert-OH is 1. The summed E-state index contributed by atoms with van der Waals surface area (Å²) in [4.78, 5) is 14.3. The number of amides is 1. The molecule has 0 aromatic heterocycles. The average molecular weight is 326 g/mol. The van der Waals surface area contributed by atoms with E-state index in [-0.39, 0.29) is 19.1 Å². The average Bonchev–Trinajstić information content (AvgIpc) is 2.57.